The zero-order chi connectivity index (χ0) is 13.5. The smallest absolute Gasteiger partial charge is 0.0772 e. The second kappa shape index (κ2) is 7.05. The van der Waals surface area contributed by atoms with E-state index in [0.29, 0.717) is 0 Å². The van der Waals surface area contributed by atoms with Crippen LogP contribution >= 0.6 is 0 Å². The van der Waals surface area contributed by atoms with E-state index in [2.05, 4.69) is 12.1 Å². The van der Waals surface area contributed by atoms with Crippen LogP contribution in [0.1, 0.15) is 17.5 Å². The van der Waals surface area contributed by atoms with Crippen molar-refractivity contribution in [2.45, 2.75) is 24.7 Å². The second-order valence-corrected chi connectivity index (χ2v) is 5.84. The van der Waals surface area contributed by atoms with Gasteiger partial charge in [0, 0.05) is 10.3 Å². The maximum atomic E-state index is 12.0. The molecule has 1 nitrogen and oxygen atoms in total. The highest BCUT2D eigenvalue weighted by Gasteiger charge is 1.98. The van der Waals surface area contributed by atoms with Crippen molar-refractivity contribution in [3.63, 3.8) is 0 Å². The van der Waals surface area contributed by atoms with Crippen molar-refractivity contribution in [2.24, 2.45) is 0 Å². The summed E-state index contributed by atoms with van der Waals surface area (Å²) in [6.07, 6.45) is 3.91. The lowest BCUT2D eigenvalue weighted by molar-refractivity contribution is 0.688. The first kappa shape index (κ1) is 13.8. The Labute approximate surface area is 117 Å². The van der Waals surface area contributed by atoms with Crippen LogP contribution in [0.5, 0.6) is 0 Å². The zero-order valence-electron chi connectivity index (χ0n) is 11.1. The van der Waals surface area contributed by atoms with Gasteiger partial charge in [0.1, 0.15) is 0 Å². The lowest BCUT2D eigenvalue weighted by Gasteiger charge is -1.98. The van der Waals surface area contributed by atoms with Crippen molar-refractivity contribution < 1.29 is 4.21 Å². The topological polar surface area (TPSA) is 17.1 Å². The number of hydrogen-bond donors (Lipinski definition) is 0. The fourth-order valence-corrected chi connectivity index (χ4v) is 2.67. The van der Waals surface area contributed by atoms with Crippen molar-refractivity contribution in [1.29, 1.82) is 0 Å². The predicted molar refractivity (Wildman–Crippen MR) is 81.5 cm³/mol. The van der Waals surface area contributed by atoms with Gasteiger partial charge in [0.2, 0.25) is 0 Å². The number of allylic oxidation sites excluding steroid dienone is 1. The van der Waals surface area contributed by atoms with Gasteiger partial charge < -0.3 is 0 Å². The molecular formula is C17H18OS. The number of hydrogen-bond acceptors (Lipinski definition) is 1. The van der Waals surface area contributed by atoms with Crippen molar-refractivity contribution >= 4 is 10.8 Å². The quantitative estimate of drug-likeness (QED) is 0.794. The van der Waals surface area contributed by atoms with Gasteiger partial charge in [0.15, 0.2) is 0 Å². The summed E-state index contributed by atoms with van der Waals surface area (Å²) >= 11 is 0. The molecule has 98 valence electrons. The van der Waals surface area contributed by atoms with E-state index in [0.717, 1.165) is 17.7 Å². The first-order valence-corrected chi connectivity index (χ1v) is 7.65. The molecule has 0 aliphatic carbocycles. The molecule has 19 heavy (non-hydrogen) atoms. The van der Waals surface area contributed by atoms with Gasteiger partial charge in [0.25, 0.3) is 0 Å². The summed E-state index contributed by atoms with van der Waals surface area (Å²) in [5.41, 5.74) is 2.50. The van der Waals surface area contributed by atoms with E-state index in [9.17, 15) is 4.21 Å². The first-order valence-electron chi connectivity index (χ1n) is 6.43. The van der Waals surface area contributed by atoms with E-state index in [1.165, 1.54) is 11.1 Å². The largest absolute Gasteiger partial charge is 0.250 e. The Morgan fingerprint density at radius 2 is 1.68 bits per heavy atom. The molecule has 0 aromatic heterocycles. The lowest BCUT2D eigenvalue weighted by Crippen LogP contribution is -1.87. The standard InChI is InChI=1S/C17H18OS/c1-15-10-12-17(13-11-15)19(18)14-6-5-9-16-7-3-2-4-8-16/h2-4,6-8,10-14H,5,9H2,1H3/b14-6+. The van der Waals surface area contributed by atoms with Crippen LogP contribution in [0, 0.1) is 6.92 Å². The lowest BCUT2D eigenvalue weighted by atomic mass is 10.1. The maximum Gasteiger partial charge on any atom is 0.0772 e. The van der Waals surface area contributed by atoms with E-state index in [1.807, 2.05) is 55.5 Å². The van der Waals surface area contributed by atoms with E-state index in [1.54, 1.807) is 5.41 Å². The van der Waals surface area contributed by atoms with Crippen molar-refractivity contribution in [3.8, 4) is 0 Å². The Hall–Kier alpha value is -1.67. The Balaban J connectivity index is 1.85. The molecule has 2 heteroatoms. The van der Waals surface area contributed by atoms with Crippen LogP contribution in [0.2, 0.25) is 0 Å². The Morgan fingerprint density at radius 3 is 2.37 bits per heavy atom. The van der Waals surface area contributed by atoms with Crippen LogP contribution in [-0.4, -0.2) is 4.21 Å². The number of aryl methyl sites for hydroxylation is 2. The maximum absolute atomic E-state index is 12.0. The molecule has 0 bridgehead atoms. The number of rotatable bonds is 5. The van der Waals surface area contributed by atoms with Crippen LogP contribution < -0.4 is 0 Å². The molecule has 2 rings (SSSR count). The SMILES string of the molecule is Cc1ccc(S(=O)/C=C/CCc2ccccc2)cc1. The molecule has 2 aromatic rings. The van der Waals surface area contributed by atoms with Gasteiger partial charge in [-0.05, 0) is 37.5 Å². The minimum Gasteiger partial charge on any atom is -0.250 e. The summed E-state index contributed by atoms with van der Waals surface area (Å²) in [4.78, 5) is 0.863. The summed E-state index contributed by atoms with van der Waals surface area (Å²) < 4.78 is 12.0. The summed E-state index contributed by atoms with van der Waals surface area (Å²) in [6.45, 7) is 2.03. The van der Waals surface area contributed by atoms with Gasteiger partial charge in [-0.15, -0.1) is 0 Å². The molecule has 0 N–H and O–H groups in total. The molecule has 0 saturated carbocycles. The van der Waals surface area contributed by atoms with Crippen molar-refractivity contribution in [1.82, 2.24) is 0 Å². The predicted octanol–water partition coefficient (Wildman–Crippen LogP) is 4.25. The van der Waals surface area contributed by atoms with E-state index in [-0.39, 0.29) is 0 Å². The molecule has 1 unspecified atom stereocenters. The van der Waals surface area contributed by atoms with Crippen LogP contribution in [0.15, 0.2) is 71.0 Å². The molecule has 2 aromatic carbocycles. The monoisotopic (exact) mass is 270 g/mol. The second-order valence-electron chi connectivity index (χ2n) is 4.51. The van der Waals surface area contributed by atoms with Gasteiger partial charge in [-0.3, -0.25) is 0 Å². The van der Waals surface area contributed by atoms with Crippen LogP contribution in [-0.2, 0) is 17.2 Å². The molecule has 0 radical (unpaired) electrons. The van der Waals surface area contributed by atoms with Crippen LogP contribution in [0.4, 0.5) is 0 Å². The zero-order valence-corrected chi connectivity index (χ0v) is 11.9. The average Bonchev–Trinajstić information content (AvgIpc) is 2.45. The van der Waals surface area contributed by atoms with Gasteiger partial charge >= 0.3 is 0 Å². The third-order valence-electron chi connectivity index (χ3n) is 2.92. The minimum atomic E-state index is -1.03. The molecule has 0 aliphatic heterocycles. The molecule has 0 heterocycles. The Morgan fingerprint density at radius 1 is 1.00 bits per heavy atom. The summed E-state index contributed by atoms with van der Waals surface area (Å²) in [5, 5.41) is 1.79. The van der Waals surface area contributed by atoms with Crippen molar-refractivity contribution in [3.05, 3.63) is 77.2 Å². The van der Waals surface area contributed by atoms with Gasteiger partial charge in [-0.25, -0.2) is 4.21 Å². The normalized spacial score (nSPS) is 12.7. The highest BCUT2D eigenvalue weighted by atomic mass is 32.2. The van der Waals surface area contributed by atoms with E-state index >= 15 is 0 Å². The van der Waals surface area contributed by atoms with E-state index in [4.69, 9.17) is 0 Å². The summed E-state index contributed by atoms with van der Waals surface area (Å²) in [6, 6.07) is 18.2. The van der Waals surface area contributed by atoms with Crippen molar-refractivity contribution in [2.75, 3.05) is 0 Å². The summed E-state index contributed by atoms with van der Waals surface area (Å²) in [7, 11) is -1.03. The fraction of sp³-hybridized carbons (Fsp3) is 0.176. The van der Waals surface area contributed by atoms with Crippen LogP contribution in [0.3, 0.4) is 0 Å². The average molecular weight is 270 g/mol. The third-order valence-corrected chi connectivity index (χ3v) is 4.09. The Kier molecular flexibility index (Phi) is 5.10. The van der Waals surface area contributed by atoms with Crippen LogP contribution in [0.25, 0.3) is 0 Å². The molecule has 0 fully saturated rings. The molecule has 0 spiro atoms. The highest BCUT2D eigenvalue weighted by Crippen LogP contribution is 2.10. The molecule has 0 aliphatic rings. The molecule has 0 saturated heterocycles. The molecule has 1 atom stereocenters. The summed E-state index contributed by atoms with van der Waals surface area (Å²) in [5.74, 6) is 0. The molecule has 0 amide bonds. The first-order chi connectivity index (χ1) is 9.25. The Bertz CT molecular complexity index is 556. The third kappa shape index (κ3) is 4.49. The van der Waals surface area contributed by atoms with Gasteiger partial charge in [0.05, 0.1) is 10.8 Å². The highest BCUT2D eigenvalue weighted by molar-refractivity contribution is 7.88. The number of benzene rings is 2. The fourth-order valence-electron chi connectivity index (χ4n) is 1.80. The molecular weight excluding hydrogens is 252 g/mol. The van der Waals surface area contributed by atoms with Gasteiger partial charge in [-0.2, -0.15) is 0 Å². The van der Waals surface area contributed by atoms with Gasteiger partial charge in [-0.1, -0.05) is 54.1 Å². The van der Waals surface area contributed by atoms with E-state index < -0.39 is 10.8 Å². The minimum absolute atomic E-state index is 0.863.